The van der Waals surface area contributed by atoms with Gasteiger partial charge in [0, 0.05) is 38.0 Å². The molecule has 0 spiro atoms. The molecule has 31 heavy (non-hydrogen) atoms. The van der Waals surface area contributed by atoms with Gasteiger partial charge in [0.2, 0.25) is 11.8 Å². The highest BCUT2D eigenvalue weighted by Gasteiger charge is 2.07. The van der Waals surface area contributed by atoms with Crippen molar-refractivity contribution in [2.24, 2.45) is 0 Å². The molecule has 6 nitrogen and oxygen atoms in total. The van der Waals surface area contributed by atoms with Gasteiger partial charge in [-0.2, -0.15) is 0 Å². The predicted molar refractivity (Wildman–Crippen MR) is 127 cm³/mol. The molecule has 0 fully saturated rings. The molecule has 0 aromatic heterocycles. The number of hydrogen-bond donors (Lipinski definition) is 2. The summed E-state index contributed by atoms with van der Waals surface area (Å²) in [5.74, 6) is 0.764. The minimum absolute atomic E-state index is 0.0887. The van der Waals surface area contributed by atoms with Gasteiger partial charge >= 0.3 is 0 Å². The maximum absolute atomic E-state index is 12.3. The number of hydrogen-bond acceptors (Lipinski definition) is 4. The minimum atomic E-state index is -0.132. The van der Waals surface area contributed by atoms with Crippen LogP contribution in [0.4, 0.5) is 11.4 Å². The number of ether oxygens (including phenoxy) is 1. The maximum atomic E-state index is 12.3. The Morgan fingerprint density at radius 1 is 0.968 bits per heavy atom. The third-order valence-electron chi connectivity index (χ3n) is 4.89. The van der Waals surface area contributed by atoms with Crippen LogP contribution in [0.15, 0.2) is 48.5 Å². The fourth-order valence-corrected chi connectivity index (χ4v) is 3.08. The predicted octanol–water partition coefficient (Wildman–Crippen LogP) is 4.72. The summed E-state index contributed by atoms with van der Waals surface area (Å²) in [6.07, 6.45) is 5.77. The van der Waals surface area contributed by atoms with Crippen molar-refractivity contribution in [2.75, 3.05) is 37.9 Å². The quantitative estimate of drug-likeness (QED) is 0.456. The van der Waals surface area contributed by atoms with E-state index in [1.807, 2.05) is 48.5 Å². The van der Waals surface area contributed by atoms with Crippen molar-refractivity contribution in [2.45, 2.75) is 45.4 Å². The largest absolute Gasteiger partial charge is 0.494 e. The van der Waals surface area contributed by atoms with E-state index in [9.17, 15) is 9.59 Å². The van der Waals surface area contributed by atoms with Crippen LogP contribution in [-0.4, -0.2) is 44.0 Å². The Morgan fingerprint density at radius 3 is 2.52 bits per heavy atom. The van der Waals surface area contributed by atoms with Crippen LogP contribution in [0.5, 0.6) is 5.75 Å². The highest BCUT2D eigenvalue weighted by molar-refractivity contribution is 5.93. The van der Waals surface area contributed by atoms with Crippen LogP contribution in [0.3, 0.4) is 0 Å². The standard InChI is InChI=1S/C25H35N3O3/c1-4-5-6-7-16-31-23-13-9-11-21(18-23)26-19-24(29)27-22-12-8-10-20(17-22)14-15-25(30)28(2)3/h8-13,17-18,26H,4-7,14-16,19H2,1-3H3,(H,27,29). The van der Waals surface area contributed by atoms with E-state index in [0.717, 1.165) is 29.1 Å². The molecule has 0 atom stereocenters. The Kier molecular flexibility index (Phi) is 10.4. The fourth-order valence-electron chi connectivity index (χ4n) is 3.08. The molecule has 168 valence electrons. The Balaban J connectivity index is 1.78. The zero-order valence-electron chi connectivity index (χ0n) is 18.9. The Hall–Kier alpha value is -3.02. The smallest absolute Gasteiger partial charge is 0.243 e. The summed E-state index contributed by atoms with van der Waals surface area (Å²) in [5, 5.41) is 6.04. The molecule has 2 rings (SSSR count). The molecule has 2 aromatic carbocycles. The topological polar surface area (TPSA) is 70.7 Å². The van der Waals surface area contributed by atoms with Gasteiger partial charge in [-0.15, -0.1) is 0 Å². The Labute approximate surface area is 186 Å². The van der Waals surface area contributed by atoms with Crippen LogP contribution >= 0.6 is 0 Å². The van der Waals surface area contributed by atoms with Crippen molar-refractivity contribution in [3.05, 3.63) is 54.1 Å². The highest BCUT2D eigenvalue weighted by Crippen LogP contribution is 2.18. The van der Waals surface area contributed by atoms with Gasteiger partial charge in [0.1, 0.15) is 5.75 Å². The zero-order chi connectivity index (χ0) is 22.5. The molecule has 0 radical (unpaired) electrons. The van der Waals surface area contributed by atoms with E-state index >= 15 is 0 Å². The van der Waals surface area contributed by atoms with E-state index in [1.54, 1.807) is 19.0 Å². The van der Waals surface area contributed by atoms with Gasteiger partial charge < -0.3 is 20.3 Å². The first-order valence-corrected chi connectivity index (χ1v) is 11.0. The van der Waals surface area contributed by atoms with Crippen molar-refractivity contribution in [1.82, 2.24) is 4.90 Å². The second kappa shape index (κ2) is 13.3. The monoisotopic (exact) mass is 425 g/mol. The molecular weight excluding hydrogens is 390 g/mol. The number of rotatable bonds is 13. The lowest BCUT2D eigenvalue weighted by Crippen LogP contribution is -2.22. The van der Waals surface area contributed by atoms with Crippen LogP contribution in [0, 0.1) is 0 Å². The summed E-state index contributed by atoms with van der Waals surface area (Å²) in [6, 6.07) is 15.3. The molecule has 0 unspecified atom stereocenters. The molecule has 0 aliphatic heterocycles. The summed E-state index contributed by atoms with van der Waals surface area (Å²) in [6.45, 7) is 3.06. The van der Waals surface area contributed by atoms with Gasteiger partial charge in [0.15, 0.2) is 0 Å². The van der Waals surface area contributed by atoms with Crippen molar-refractivity contribution in [3.63, 3.8) is 0 Å². The molecule has 0 heterocycles. The summed E-state index contributed by atoms with van der Waals surface area (Å²) >= 11 is 0. The number of unbranched alkanes of at least 4 members (excludes halogenated alkanes) is 3. The fraction of sp³-hybridized carbons (Fsp3) is 0.440. The zero-order valence-corrected chi connectivity index (χ0v) is 18.9. The summed E-state index contributed by atoms with van der Waals surface area (Å²) in [5.41, 5.74) is 2.59. The molecule has 0 aliphatic carbocycles. The SMILES string of the molecule is CCCCCCOc1cccc(NCC(=O)Nc2cccc(CCC(=O)N(C)C)c2)c1. The van der Waals surface area contributed by atoms with E-state index in [4.69, 9.17) is 4.74 Å². The molecule has 0 saturated heterocycles. The van der Waals surface area contributed by atoms with Gasteiger partial charge in [-0.1, -0.05) is 44.4 Å². The molecule has 0 aliphatic rings. The lowest BCUT2D eigenvalue weighted by Gasteiger charge is -2.12. The van der Waals surface area contributed by atoms with E-state index in [0.29, 0.717) is 19.4 Å². The molecule has 2 amide bonds. The third kappa shape index (κ3) is 9.55. The number of nitrogens with one attached hydrogen (secondary N) is 2. The molecule has 0 saturated carbocycles. The third-order valence-corrected chi connectivity index (χ3v) is 4.89. The van der Waals surface area contributed by atoms with Gasteiger partial charge in [0.05, 0.1) is 13.2 Å². The van der Waals surface area contributed by atoms with Gasteiger partial charge in [-0.05, 0) is 42.7 Å². The van der Waals surface area contributed by atoms with Crippen LogP contribution in [0.2, 0.25) is 0 Å². The molecule has 0 bridgehead atoms. The number of aryl methyl sites for hydroxylation is 1. The van der Waals surface area contributed by atoms with Crippen LogP contribution in [-0.2, 0) is 16.0 Å². The molecule has 6 heteroatoms. The average molecular weight is 426 g/mol. The minimum Gasteiger partial charge on any atom is -0.494 e. The van der Waals surface area contributed by atoms with Crippen molar-refractivity contribution >= 4 is 23.2 Å². The van der Waals surface area contributed by atoms with E-state index < -0.39 is 0 Å². The number of anilines is 2. The van der Waals surface area contributed by atoms with Crippen LogP contribution in [0.1, 0.15) is 44.6 Å². The van der Waals surface area contributed by atoms with Crippen LogP contribution in [0.25, 0.3) is 0 Å². The Bertz CT molecular complexity index is 836. The highest BCUT2D eigenvalue weighted by atomic mass is 16.5. The van der Waals surface area contributed by atoms with E-state index in [1.165, 1.54) is 19.3 Å². The first-order valence-electron chi connectivity index (χ1n) is 11.0. The second-order valence-corrected chi connectivity index (χ2v) is 7.83. The average Bonchev–Trinajstić information content (AvgIpc) is 2.76. The summed E-state index contributed by atoms with van der Waals surface area (Å²) in [4.78, 5) is 25.7. The molecule has 2 aromatic rings. The Morgan fingerprint density at radius 2 is 1.74 bits per heavy atom. The summed E-state index contributed by atoms with van der Waals surface area (Å²) < 4.78 is 5.80. The van der Waals surface area contributed by atoms with Gasteiger partial charge in [0.25, 0.3) is 0 Å². The summed E-state index contributed by atoms with van der Waals surface area (Å²) in [7, 11) is 3.50. The van der Waals surface area contributed by atoms with Gasteiger partial charge in [-0.3, -0.25) is 9.59 Å². The van der Waals surface area contributed by atoms with Crippen LogP contribution < -0.4 is 15.4 Å². The van der Waals surface area contributed by atoms with Crippen molar-refractivity contribution in [1.29, 1.82) is 0 Å². The van der Waals surface area contributed by atoms with E-state index in [-0.39, 0.29) is 18.4 Å². The second-order valence-electron chi connectivity index (χ2n) is 7.83. The number of amides is 2. The lowest BCUT2D eigenvalue weighted by molar-refractivity contribution is -0.128. The lowest BCUT2D eigenvalue weighted by atomic mass is 10.1. The number of carbonyl (C=O) groups excluding carboxylic acids is 2. The number of carbonyl (C=O) groups is 2. The van der Waals surface area contributed by atoms with Crippen molar-refractivity contribution < 1.29 is 14.3 Å². The van der Waals surface area contributed by atoms with Crippen molar-refractivity contribution in [3.8, 4) is 5.75 Å². The molecular formula is C25H35N3O3. The van der Waals surface area contributed by atoms with E-state index in [2.05, 4.69) is 17.6 Å². The number of nitrogens with zero attached hydrogens (tertiary/aromatic N) is 1. The molecule has 2 N–H and O–H groups in total. The number of benzene rings is 2. The first kappa shape index (κ1) is 24.3. The maximum Gasteiger partial charge on any atom is 0.243 e. The van der Waals surface area contributed by atoms with Gasteiger partial charge in [-0.25, -0.2) is 0 Å². The normalized spacial score (nSPS) is 10.4. The first-order chi connectivity index (χ1) is 15.0.